The van der Waals surface area contributed by atoms with Gasteiger partial charge in [0, 0.05) is 23.1 Å². The van der Waals surface area contributed by atoms with Gasteiger partial charge in [0.25, 0.3) is 0 Å². The van der Waals surface area contributed by atoms with Crippen molar-refractivity contribution in [3.05, 3.63) is 83.9 Å². The average molecular weight is 571 g/mol. The number of fused-ring (bicyclic) bond motifs is 1. The highest BCUT2D eigenvalue weighted by atomic mass is 32.2. The van der Waals surface area contributed by atoms with Crippen LogP contribution in [-0.2, 0) is 16.1 Å². The van der Waals surface area contributed by atoms with E-state index in [2.05, 4.69) is 27.1 Å². The highest BCUT2D eigenvalue weighted by molar-refractivity contribution is 7.99. The normalized spacial score (nSPS) is 10.9. The number of benzene rings is 2. The molecule has 5 rings (SSSR count). The first-order valence-electron chi connectivity index (χ1n) is 12.5. The van der Waals surface area contributed by atoms with E-state index in [0.29, 0.717) is 33.2 Å². The van der Waals surface area contributed by atoms with E-state index < -0.39 is 5.97 Å². The van der Waals surface area contributed by atoms with Crippen LogP contribution in [0.5, 0.6) is 0 Å². The molecule has 3 aromatic heterocycles. The Labute approximate surface area is 239 Å². The van der Waals surface area contributed by atoms with Crippen LogP contribution in [0, 0.1) is 6.92 Å². The van der Waals surface area contributed by atoms with E-state index in [0.717, 1.165) is 39.1 Å². The lowest BCUT2D eigenvalue weighted by Crippen LogP contribution is -2.14. The number of pyridine rings is 1. The lowest BCUT2D eigenvalue weighted by molar-refractivity contribution is -0.113. The summed E-state index contributed by atoms with van der Waals surface area (Å²) in [6.45, 7) is 8.08. The number of nitrogens with one attached hydrogen (secondary N) is 1. The van der Waals surface area contributed by atoms with Crippen molar-refractivity contribution in [3.63, 3.8) is 0 Å². The number of carbonyl (C=O) groups is 2. The van der Waals surface area contributed by atoms with Gasteiger partial charge in [-0.15, -0.1) is 16.8 Å². The number of hydrogen-bond donors (Lipinski definition) is 1. The summed E-state index contributed by atoms with van der Waals surface area (Å²) in [5.74, 6) is 0.0175. The fraction of sp³-hybridized carbons (Fsp3) is 0.172. The van der Waals surface area contributed by atoms with Crippen molar-refractivity contribution in [2.45, 2.75) is 25.5 Å². The molecule has 9 nitrogen and oxygen atoms in total. The third-order valence-corrected chi connectivity index (χ3v) is 7.91. The first-order valence-corrected chi connectivity index (χ1v) is 14.4. The number of allylic oxidation sites excluding steroid dienone is 1. The van der Waals surface area contributed by atoms with Gasteiger partial charge in [0.15, 0.2) is 16.1 Å². The molecule has 0 fully saturated rings. The Kier molecular flexibility index (Phi) is 8.32. The zero-order chi connectivity index (χ0) is 28.1. The molecule has 0 aliphatic rings. The third-order valence-electron chi connectivity index (χ3n) is 5.89. The highest BCUT2D eigenvalue weighted by Gasteiger charge is 2.20. The number of rotatable bonds is 10. The molecule has 1 N–H and O–H groups in total. The van der Waals surface area contributed by atoms with Crippen LogP contribution in [0.1, 0.15) is 22.3 Å². The number of para-hydroxylation sites is 1. The summed E-state index contributed by atoms with van der Waals surface area (Å²) < 4.78 is 6.99. The van der Waals surface area contributed by atoms with Crippen molar-refractivity contribution in [1.82, 2.24) is 24.7 Å². The van der Waals surface area contributed by atoms with E-state index in [9.17, 15) is 9.59 Å². The largest absolute Gasteiger partial charge is 0.462 e. The lowest BCUT2D eigenvalue weighted by Gasteiger charge is -2.12. The van der Waals surface area contributed by atoms with Crippen molar-refractivity contribution in [2.24, 2.45) is 0 Å². The van der Waals surface area contributed by atoms with Crippen molar-refractivity contribution in [2.75, 3.05) is 17.7 Å². The minimum Gasteiger partial charge on any atom is -0.462 e. The van der Waals surface area contributed by atoms with Gasteiger partial charge in [-0.2, -0.15) is 0 Å². The van der Waals surface area contributed by atoms with E-state index in [-0.39, 0.29) is 18.3 Å². The lowest BCUT2D eigenvalue weighted by atomic mass is 10.0. The van der Waals surface area contributed by atoms with Crippen LogP contribution in [-0.4, -0.2) is 49.0 Å². The predicted molar refractivity (Wildman–Crippen MR) is 159 cm³/mol. The van der Waals surface area contributed by atoms with Gasteiger partial charge in [-0.1, -0.05) is 77.7 Å². The molecule has 0 aliphatic heterocycles. The molecule has 0 saturated carbocycles. The number of nitrogens with zero attached hydrogens (tertiary/aromatic N) is 5. The smallest absolute Gasteiger partial charge is 0.350 e. The molecule has 11 heteroatoms. The number of aryl methyl sites for hydroxylation is 1. The molecule has 5 aromatic rings. The van der Waals surface area contributed by atoms with Gasteiger partial charge in [-0.3, -0.25) is 9.36 Å². The van der Waals surface area contributed by atoms with E-state index in [1.165, 1.54) is 11.8 Å². The molecule has 1 amide bonds. The Morgan fingerprint density at radius 1 is 1.10 bits per heavy atom. The fourth-order valence-corrected chi connectivity index (χ4v) is 5.75. The molecule has 3 heterocycles. The Hall–Kier alpha value is -4.35. The number of aromatic nitrogens is 5. The number of ether oxygens (including phenoxy) is 1. The summed E-state index contributed by atoms with van der Waals surface area (Å²) >= 11 is 2.35. The second-order valence-electron chi connectivity index (χ2n) is 8.63. The number of thiazole rings is 1. The van der Waals surface area contributed by atoms with Gasteiger partial charge < -0.3 is 10.1 Å². The van der Waals surface area contributed by atoms with Gasteiger partial charge in [0.05, 0.1) is 29.3 Å². The molecule has 0 unspecified atom stereocenters. The van der Waals surface area contributed by atoms with Gasteiger partial charge >= 0.3 is 5.97 Å². The van der Waals surface area contributed by atoms with E-state index in [1.807, 2.05) is 65.2 Å². The summed E-state index contributed by atoms with van der Waals surface area (Å²) in [5.41, 5.74) is 4.08. The first kappa shape index (κ1) is 27.2. The molecule has 0 atom stereocenters. The number of carbonyl (C=O) groups excluding carboxylic acids is 2. The minimum absolute atomic E-state index is 0.0784. The third kappa shape index (κ3) is 5.80. The maximum atomic E-state index is 12.8. The van der Waals surface area contributed by atoms with Crippen molar-refractivity contribution < 1.29 is 14.3 Å². The minimum atomic E-state index is -0.448. The topological polar surface area (TPSA) is 112 Å². The van der Waals surface area contributed by atoms with Gasteiger partial charge in [0.1, 0.15) is 4.88 Å². The number of amides is 1. The van der Waals surface area contributed by atoms with E-state index in [1.54, 1.807) is 19.9 Å². The maximum Gasteiger partial charge on any atom is 0.350 e. The predicted octanol–water partition coefficient (Wildman–Crippen LogP) is 6.02. The standard InChI is InChI=1S/C29H26N6O3S2/c1-4-15-35-26(21-16-23(19-11-7-6-8-12-19)31-22-14-10-9-13-20(21)22)33-34-29(35)39-17-24(36)32-28-30-18(3)25(40-28)27(37)38-5-2/h4,6-14,16H,1,5,15,17H2,2-3H3,(H,30,32,36). The summed E-state index contributed by atoms with van der Waals surface area (Å²) in [7, 11) is 0. The van der Waals surface area contributed by atoms with E-state index >= 15 is 0 Å². The molecular weight excluding hydrogens is 544 g/mol. The van der Waals surface area contributed by atoms with Crippen LogP contribution >= 0.6 is 23.1 Å². The van der Waals surface area contributed by atoms with Gasteiger partial charge in [-0.25, -0.2) is 14.8 Å². The molecule has 0 radical (unpaired) electrons. The SMILES string of the molecule is C=CCn1c(SCC(=O)Nc2nc(C)c(C(=O)OCC)s2)nnc1-c1cc(-c2ccccc2)nc2ccccc12. The molecule has 0 aliphatic carbocycles. The number of anilines is 1. The average Bonchev–Trinajstić information content (AvgIpc) is 3.54. The van der Waals surface area contributed by atoms with Crippen LogP contribution < -0.4 is 5.32 Å². The van der Waals surface area contributed by atoms with Crippen molar-refractivity contribution in [3.8, 4) is 22.6 Å². The summed E-state index contributed by atoms with van der Waals surface area (Å²) in [4.78, 5) is 34.4. The van der Waals surface area contributed by atoms with Crippen LogP contribution in [0.2, 0.25) is 0 Å². The van der Waals surface area contributed by atoms with Crippen LogP contribution in [0.15, 0.2) is 78.5 Å². The Bertz CT molecular complexity index is 1700. The number of thioether (sulfide) groups is 1. The fourth-order valence-electron chi connectivity index (χ4n) is 4.13. The van der Waals surface area contributed by atoms with Crippen molar-refractivity contribution >= 4 is 51.0 Å². The molecule has 0 bridgehead atoms. The second kappa shape index (κ2) is 12.2. The van der Waals surface area contributed by atoms with E-state index in [4.69, 9.17) is 9.72 Å². The molecule has 202 valence electrons. The number of hydrogen-bond acceptors (Lipinski definition) is 9. The Balaban J connectivity index is 1.41. The monoisotopic (exact) mass is 570 g/mol. The molecule has 40 heavy (non-hydrogen) atoms. The summed E-state index contributed by atoms with van der Waals surface area (Å²) in [6, 6.07) is 19.9. The Morgan fingerprint density at radius 3 is 2.65 bits per heavy atom. The van der Waals surface area contributed by atoms with Crippen LogP contribution in [0.4, 0.5) is 5.13 Å². The Morgan fingerprint density at radius 2 is 1.88 bits per heavy atom. The van der Waals surface area contributed by atoms with Crippen LogP contribution in [0.3, 0.4) is 0 Å². The molecule has 2 aromatic carbocycles. The summed E-state index contributed by atoms with van der Waals surface area (Å²) in [6.07, 6.45) is 1.77. The second-order valence-corrected chi connectivity index (χ2v) is 10.6. The molecule has 0 spiro atoms. The zero-order valence-corrected chi connectivity index (χ0v) is 23.6. The highest BCUT2D eigenvalue weighted by Crippen LogP contribution is 2.33. The van der Waals surface area contributed by atoms with Gasteiger partial charge in [0.2, 0.25) is 5.91 Å². The number of esters is 1. The summed E-state index contributed by atoms with van der Waals surface area (Å²) in [5, 5.41) is 13.6. The molecule has 0 saturated heterocycles. The van der Waals surface area contributed by atoms with Gasteiger partial charge in [-0.05, 0) is 26.0 Å². The zero-order valence-electron chi connectivity index (χ0n) is 22.0. The maximum absolute atomic E-state index is 12.8. The quantitative estimate of drug-likeness (QED) is 0.123. The van der Waals surface area contributed by atoms with Crippen LogP contribution in [0.25, 0.3) is 33.5 Å². The first-order chi connectivity index (χ1) is 19.5. The van der Waals surface area contributed by atoms with Crippen molar-refractivity contribution in [1.29, 1.82) is 0 Å². The molecular formula is C29H26N6O3S2.